The Morgan fingerprint density at radius 3 is 2.93 bits per heavy atom. The second kappa shape index (κ2) is 4.48. The largest absolute Gasteiger partial charge is 0.380 e. The molecule has 1 unspecified atom stereocenters. The van der Waals surface area contributed by atoms with E-state index < -0.39 is 0 Å². The second-order valence-corrected chi connectivity index (χ2v) is 5.51. The number of fused-ring (bicyclic) bond motifs is 1. The minimum atomic E-state index is 0.621. The molecule has 1 aliphatic heterocycles. The summed E-state index contributed by atoms with van der Waals surface area (Å²) < 4.78 is 0. The quantitative estimate of drug-likeness (QED) is 0.815. The van der Waals surface area contributed by atoms with Gasteiger partial charge in [-0.25, -0.2) is 0 Å². The van der Waals surface area contributed by atoms with Crippen molar-refractivity contribution in [3.63, 3.8) is 0 Å². The zero-order chi connectivity index (χ0) is 10.8. The summed E-state index contributed by atoms with van der Waals surface area (Å²) >= 11 is 1.99. The Bertz CT molecular complexity index is 332. The fourth-order valence-electron chi connectivity index (χ4n) is 1.92. The van der Waals surface area contributed by atoms with Gasteiger partial charge in [-0.05, 0) is 24.0 Å². The van der Waals surface area contributed by atoms with E-state index in [9.17, 15) is 0 Å². The first kappa shape index (κ1) is 10.9. The molecule has 1 nitrogen and oxygen atoms in total. The average Bonchev–Trinajstić information content (AvgIpc) is 2.27. The van der Waals surface area contributed by atoms with Crippen LogP contribution in [0.4, 0.5) is 5.69 Å². The highest BCUT2D eigenvalue weighted by Crippen LogP contribution is 2.37. The molecule has 1 atom stereocenters. The number of hydrogen-bond donors (Lipinski definition) is 1. The predicted molar refractivity (Wildman–Crippen MR) is 68.8 cm³/mol. The molecule has 82 valence electrons. The van der Waals surface area contributed by atoms with Crippen LogP contribution in [0.1, 0.15) is 26.3 Å². The molecule has 0 radical (unpaired) electrons. The molecule has 0 bridgehead atoms. The summed E-state index contributed by atoms with van der Waals surface area (Å²) in [5.74, 6) is 1.90. The Labute approximate surface area is 96.7 Å². The third-order valence-corrected chi connectivity index (χ3v) is 4.22. The fourth-order valence-corrected chi connectivity index (χ4v) is 3.26. The van der Waals surface area contributed by atoms with Crippen LogP contribution in [0.25, 0.3) is 0 Å². The lowest BCUT2D eigenvalue weighted by atomic mass is 10.0. The Morgan fingerprint density at radius 1 is 1.47 bits per heavy atom. The third-order valence-electron chi connectivity index (χ3n) is 3.05. The maximum absolute atomic E-state index is 3.70. The van der Waals surface area contributed by atoms with Gasteiger partial charge in [-0.2, -0.15) is 0 Å². The molecule has 1 aromatic carbocycles. The van der Waals surface area contributed by atoms with Crippen LogP contribution in [0.5, 0.6) is 0 Å². The van der Waals surface area contributed by atoms with Gasteiger partial charge in [0, 0.05) is 16.7 Å². The minimum Gasteiger partial charge on any atom is -0.380 e. The van der Waals surface area contributed by atoms with Crippen molar-refractivity contribution >= 4 is 17.4 Å². The molecule has 0 saturated carbocycles. The zero-order valence-corrected chi connectivity index (χ0v) is 10.5. The van der Waals surface area contributed by atoms with Crippen LogP contribution in [-0.4, -0.2) is 11.8 Å². The SMILES string of the molecule is CCc1cccc2c1NC(C(C)C)CS2. The average molecular weight is 221 g/mol. The summed E-state index contributed by atoms with van der Waals surface area (Å²) in [5.41, 5.74) is 2.83. The normalized spacial score (nSPS) is 19.9. The van der Waals surface area contributed by atoms with E-state index in [1.807, 2.05) is 11.8 Å². The number of hydrogen-bond acceptors (Lipinski definition) is 2. The molecule has 0 aromatic heterocycles. The van der Waals surface area contributed by atoms with Gasteiger partial charge in [0.2, 0.25) is 0 Å². The van der Waals surface area contributed by atoms with Crippen LogP contribution in [0.15, 0.2) is 23.1 Å². The summed E-state index contributed by atoms with van der Waals surface area (Å²) in [6.07, 6.45) is 1.11. The van der Waals surface area contributed by atoms with Gasteiger partial charge in [0.1, 0.15) is 0 Å². The Balaban J connectivity index is 2.30. The van der Waals surface area contributed by atoms with Gasteiger partial charge in [0.25, 0.3) is 0 Å². The van der Waals surface area contributed by atoms with Crippen molar-refractivity contribution in [3.05, 3.63) is 23.8 Å². The highest BCUT2D eigenvalue weighted by atomic mass is 32.2. The molecule has 0 spiro atoms. The van der Waals surface area contributed by atoms with Gasteiger partial charge < -0.3 is 5.32 Å². The first-order valence-corrected chi connectivity index (χ1v) is 6.72. The van der Waals surface area contributed by atoms with Crippen LogP contribution in [0, 0.1) is 5.92 Å². The van der Waals surface area contributed by atoms with Crippen molar-refractivity contribution < 1.29 is 0 Å². The maximum Gasteiger partial charge on any atom is 0.0513 e. The molecular formula is C13H19NS. The van der Waals surface area contributed by atoms with Gasteiger partial charge in [-0.15, -0.1) is 11.8 Å². The molecule has 0 saturated heterocycles. The number of aryl methyl sites for hydroxylation is 1. The summed E-state index contributed by atoms with van der Waals surface area (Å²) in [4.78, 5) is 1.42. The van der Waals surface area contributed by atoms with E-state index in [0.717, 1.165) is 6.42 Å². The lowest BCUT2D eigenvalue weighted by Gasteiger charge is -2.30. The van der Waals surface area contributed by atoms with E-state index in [4.69, 9.17) is 0 Å². The van der Waals surface area contributed by atoms with Crippen molar-refractivity contribution in [2.75, 3.05) is 11.1 Å². The van der Waals surface area contributed by atoms with Crippen LogP contribution in [-0.2, 0) is 6.42 Å². The molecule has 0 fully saturated rings. The van der Waals surface area contributed by atoms with Crippen LogP contribution in [0.3, 0.4) is 0 Å². The van der Waals surface area contributed by atoms with E-state index in [-0.39, 0.29) is 0 Å². The van der Waals surface area contributed by atoms with Gasteiger partial charge in [0.05, 0.1) is 5.69 Å². The van der Waals surface area contributed by atoms with Gasteiger partial charge in [-0.1, -0.05) is 32.9 Å². The Morgan fingerprint density at radius 2 is 2.27 bits per heavy atom. The Kier molecular flexibility index (Phi) is 3.25. The standard InChI is InChI=1S/C13H19NS/c1-4-10-6-5-7-12-13(10)14-11(8-15-12)9(2)3/h5-7,9,11,14H,4,8H2,1-3H3. The predicted octanol–water partition coefficient (Wildman–Crippen LogP) is 3.79. The van der Waals surface area contributed by atoms with Crippen molar-refractivity contribution in [2.24, 2.45) is 5.92 Å². The first-order valence-electron chi connectivity index (χ1n) is 5.73. The monoisotopic (exact) mass is 221 g/mol. The topological polar surface area (TPSA) is 12.0 Å². The number of rotatable bonds is 2. The van der Waals surface area contributed by atoms with Crippen LogP contribution < -0.4 is 5.32 Å². The van der Waals surface area contributed by atoms with E-state index in [1.165, 1.54) is 21.9 Å². The van der Waals surface area contributed by atoms with E-state index in [0.29, 0.717) is 12.0 Å². The molecule has 1 heterocycles. The molecule has 1 N–H and O–H groups in total. The number of thioether (sulfide) groups is 1. The molecular weight excluding hydrogens is 202 g/mol. The zero-order valence-electron chi connectivity index (χ0n) is 9.71. The van der Waals surface area contributed by atoms with Gasteiger partial charge in [0.15, 0.2) is 0 Å². The summed E-state index contributed by atoms with van der Waals surface area (Å²) in [6.45, 7) is 6.80. The van der Waals surface area contributed by atoms with E-state index in [1.54, 1.807) is 0 Å². The second-order valence-electron chi connectivity index (χ2n) is 4.45. The van der Waals surface area contributed by atoms with Crippen LogP contribution in [0.2, 0.25) is 0 Å². The van der Waals surface area contributed by atoms with Crippen molar-refractivity contribution in [1.82, 2.24) is 0 Å². The number of para-hydroxylation sites is 1. The van der Waals surface area contributed by atoms with Gasteiger partial charge in [-0.3, -0.25) is 0 Å². The molecule has 0 amide bonds. The number of benzene rings is 1. The number of nitrogens with one attached hydrogen (secondary N) is 1. The van der Waals surface area contributed by atoms with Crippen molar-refractivity contribution in [2.45, 2.75) is 38.1 Å². The molecule has 2 heteroatoms. The molecule has 1 aliphatic rings. The van der Waals surface area contributed by atoms with Crippen LogP contribution >= 0.6 is 11.8 Å². The van der Waals surface area contributed by atoms with E-state index in [2.05, 4.69) is 44.3 Å². The third kappa shape index (κ3) is 2.15. The Hall–Kier alpha value is -0.630. The summed E-state index contributed by atoms with van der Waals surface area (Å²) in [7, 11) is 0. The summed E-state index contributed by atoms with van der Waals surface area (Å²) in [5, 5.41) is 3.70. The van der Waals surface area contributed by atoms with Gasteiger partial charge >= 0.3 is 0 Å². The highest BCUT2D eigenvalue weighted by Gasteiger charge is 2.21. The first-order chi connectivity index (χ1) is 7.22. The molecule has 0 aliphatic carbocycles. The summed E-state index contributed by atoms with van der Waals surface area (Å²) in [6, 6.07) is 7.25. The van der Waals surface area contributed by atoms with Crippen molar-refractivity contribution in [3.8, 4) is 0 Å². The molecule has 2 rings (SSSR count). The maximum atomic E-state index is 3.70. The van der Waals surface area contributed by atoms with E-state index >= 15 is 0 Å². The lowest BCUT2D eigenvalue weighted by molar-refractivity contribution is 0.562. The number of anilines is 1. The highest BCUT2D eigenvalue weighted by molar-refractivity contribution is 7.99. The minimum absolute atomic E-state index is 0.621. The molecule has 15 heavy (non-hydrogen) atoms. The smallest absolute Gasteiger partial charge is 0.0513 e. The lowest BCUT2D eigenvalue weighted by Crippen LogP contribution is -2.31. The van der Waals surface area contributed by atoms with Crippen molar-refractivity contribution in [1.29, 1.82) is 0 Å². The fraction of sp³-hybridized carbons (Fsp3) is 0.538. The molecule has 1 aromatic rings.